The average Bonchev–Trinajstić information content (AvgIpc) is 2.70. The van der Waals surface area contributed by atoms with Gasteiger partial charge >= 0.3 is 6.03 Å². The monoisotopic (exact) mass is 400 g/mol. The highest BCUT2D eigenvalue weighted by Crippen LogP contribution is 2.25. The summed E-state index contributed by atoms with van der Waals surface area (Å²) in [6.45, 7) is 5.24. The Morgan fingerprint density at radius 1 is 1.04 bits per heavy atom. The number of halogens is 1. The fourth-order valence-electron chi connectivity index (χ4n) is 3.46. The molecule has 1 aliphatic heterocycles. The van der Waals surface area contributed by atoms with E-state index in [4.69, 9.17) is 11.6 Å². The minimum atomic E-state index is -0.509. The molecule has 2 N–H and O–H groups in total. The van der Waals surface area contributed by atoms with Gasteiger partial charge in [-0.1, -0.05) is 48.0 Å². The lowest BCUT2D eigenvalue weighted by Crippen LogP contribution is -2.52. The summed E-state index contributed by atoms with van der Waals surface area (Å²) in [5.41, 5.74) is 1.95. The van der Waals surface area contributed by atoms with Crippen LogP contribution in [0, 0.1) is 0 Å². The number of amides is 3. The molecular formula is C21H25ClN4O2. The van der Waals surface area contributed by atoms with Crippen molar-refractivity contribution in [3.05, 3.63) is 65.2 Å². The topological polar surface area (TPSA) is 64.7 Å². The molecule has 1 saturated heterocycles. The first-order chi connectivity index (χ1) is 13.6. The predicted octanol–water partition coefficient (Wildman–Crippen LogP) is 3.05. The lowest BCUT2D eigenvalue weighted by Gasteiger charge is -2.39. The van der Waals surface area contributed by atoms with Gasteiger partial charge in [0.2, 0.25) is 5.91 Å². The molecule has 1 aliphatic rings. The largest absolute Gasteiger partial charge is 0.369 e. The summed E-state index contributed by atoms with van der Waals surface area (Å²) < 4.78 is 0. The maximum Gasteiger partial charge on any atom is 0.321 e. The van der Waals surface area contributed by atoms with Crippen molar-refractivity contribution >= 4 is 29.2 Å². The number of anilines is 1. The van der Waals surface area contributed by atoms with E-state index in [0.717, 1.165) is 24.3 Å². The molecule has 0 aliphatic carbocycles. The fraction of sp³-hybridized carbons (Fsp3) is 0.333. The van der Waals surface area contributed by atoms with Crippen molar-refractivity contribution in [2.75, 3.05) is 37.6 Å². The van der Waals surface area contributed by atoms with Gasteiger partial charge in [0, 0.05) is 43.4 Å². The Hall–Kier alpha value is -2.57. The molecule has 1 heterocycles. The molecule has 7 heteroatoms. The summed E-state index contributed by atoms with van der Waals surface area (Å²) in [6, 6.07) is 16.4. The molecule has 0 radical (unpaired) electrons. The Kier molecular flexibility index (Phi) is 6.90. The van der Waals surface area contributed by atoms with Gasteiger partial charge < -0.3 is 10.2 Å². The zero-order chi connectivity index (χ0) is 19.9. The van der Waals surface area contributed by atoms with Crippen molar-refractivity contribution in [2.24, 2.45) is 0 Å². The third-order valence-electron chi connectivity index (χ3n) is 4.79. The van der Waals surface area contributed by atoms with Crippen LogP contribution in [0.5, 0.6) is 0 Å². The second-order valence-corrected chi connectivity index (χ2v) is 7.10. The van der Waals surface area contributed by atoms with Crippen LogP contribution < -0.4 is 15.5 Å². The van der Waals surface area contributed by atoms with Crippen molar-refractivity contribution in [2.45, 2.75) is 13.0 Å². The number of benzene rings is 2. The molecule has 0 saturated carbocycles. The molecule has 2 aromatic rings. The second kappa shape index (κ2) is 9.57. The number of carbonyl (C=O) groups excluding carboxylic acids is 2. The van der Waals surface area contributed by atoms with E-state index in [-0.39, 0.29) is 5.91 Å². The number of hydrogen-bond donors (Lipinski definition) is 2. The SMILES string of the molecule is CCNC(=O)NC(=O)C(c1ccccc1)N1CCN(c2cccc(Cl)c2)CC1. The lowest BCUT2D eigenvalue weighted by atomic mass is 10.0. The number of piperazine rings is 1. The Morgan fingerprint density at radius 2 is 1.75 bits per heavy atom. The first-order valence-electron chi connectivity index (χ1n) is 9.46. The molecule has 0 aromatic heterocycles. The molecule has 0 spiro atoms. The van der Waals surface area contributed by atoms with Gasteiger partial charge in [-0.3, -0.25) is 15.0 Å². The number of urea groups is 1. The summed E-state index contributed by atoms with van der Waals surface area (Å²) in [5, 5.41) is 5.79. The highest BCUT2D eigenvalue weighted by atomic mass is 35.5. The molecule has 28 heavy (non-hydrogen) atoms. The van der Waals surface area contributed by atoms with Crippen LogP contribution in [-0.4, -0.2) is 49.6 Å². The summed E-state index contributed by atoms with van der Waals surface area (Å²) in [7, 11) is 0. The van der Waals surface area contributed by atoms with Crippen LogP contribution in [0.3, 0.4) is 0 Å². The summed E-state index contributed by atoms with van der Waals surface area (Å²) in [5.74, 6) is -0.312. The summed E-state index contributed by atoms with van der Waals surface area (Å²) in [6.07, 6.45) is 0. The number of nitrogens with one attached hydrogen (secondary N) is 2. The van der Waals surface area contributed by atoms with Crippen LogP contribution in [0.15, 0.2) is 54.6 Å². The van der Waals surface area contributed by atoms with Crippen molar-refractivity contribution in [3.63, 3.8) is 0 Å². The third-order valence-corrected chi connectivity index (χ3v) is 5.03. The van der Waals surface area contributed by atoms with Crippen molar-refractivity contribution in [3.8, 4) is 0 Å². The average molecular weight is 401 g/mol. The maximum atomic E-state index is 12.9. The minimum Gasteiger partial charge on any atom is -0.369 e. The molecule has 6 nitrogen and oxygen atoms in total. The highest BCUT2D eigenvalue weighted by Gasteiger charge is 2.31. The molecule has 1 fully saturated rings. The van der Waals surface area contributed by atoms with E-state index < -0.39 is 12.1 Å². The van der Waals surface area contributed by atoms with Gasteiger partial charge in [0.05, 0.1) is 0 Å². The van der Waals surface area contributed by atoms with E-state index in [1.54, 1.807) is 0 Å². The third kappa shape index (κ3) is 5.03. The van der Waals surface area contributed by atoms with E-state index in [9.17, 15) is 9.59 Å². The van der Waals surface area contributed by atoms with Crippen molar-refractivity contribution in [1.29, 1.82) is 0 Å². The molecule has 3 amide bonds. The molecule has 0 bridgehead atoms. The van der Waals surface area contributed by atoms with Crippen LogP contribution in [0.25, 0.3) is 0 Å². The normalized spacial score (nSPS) is 15.7. The van der Waals surface area contributed by atoms with Gasteiger partial charge in [-0.25, -0.2) is 4.79 Å². The van der Waals surface area contributed by atoms with Crippen molar-refractivity contribution in [1.82, 2.24) is 15.5 Å². The number of imide groups is 1. The predicted molar refractivity (Wildman–Crippen MR) is 112 cm³/mol. The smallest absolute Gasteiger partial charge is 0.321 e. The van der Waals surface area contributed by atoms with Crippen LogP contribution in [-0.2, 0) is 4.79 Å². The number of nitrogens with zero attached hydrogens (tertiary/aromatic N) is 2. The van der Waals surface area contributed by atoms with Crippen LogP contribution in [0.4, 0.5) is 10.5 Å². The van der Waals surface area contributed by atoms with E-state index in [1.165, 1.54) is 0 Å². The van der Waals surface area contributed by atoms with Crippen LogP contribution in [0.2, 0.25) is 5.02 Å². The van der Waals surface area contributed by atoms with Crippen LogP contribution >= 0.6 is 11.6 Å². The van der Waals surface area contributed by atoms with E-state index in [0.29, 0.717) is 24.7 Å². The van der Waals surface area contributed by atoms with E-state index >= 15 is 0 Å². The summed E-state index contributed by atoms with van der Waals surface area (Å²) in [4.78, 5) is 29.1. The first kappa shape index (κ1) is 20.2. The molecular weight excluding hydrogens is 376 g/mol. The van der Waals surface area contributed by atoms with Gasteiger partial charge in [-0.2, -0.15) is 0 Å². The number of rotatable bonds is 5. The first-order valence-corrected chi connectivity index (χ1v) is 9.84. The Morgan fingerprint density at radius 3 is 2.39 bits per heavy atom. The van der Waals surface area contributed by atoms with Gasteiger partial charge in [0.15, 0.2) is 0 Å². The van der Waals surface area contributed by atoms with Gasteiger partial charge in [0.25, 0.3) is 0 Å². The van der Waals surface area contributed by atoms with Crippen molar-refractivity contribution < 1.29 is 9.59 Å². The zero-order valence-electron chi connectivity index (χ0n) is 15.9. The standard InChI is InChI=1S/C21H25ClN4O2/c1-2-23-21(28)24-20(27)19(16-7-4-3-5-8-16)26-13-11-25(12-14-26)18-10-6-9-17(22)15-18/h3-10,15,19H,2,11-14H2,1H3,(H2,23,24,27,28). The Balaban J connectivity index is 1.73. The Bertz CT molecular complexity index is 807. The van der Waals surface area contributed by atoms with E-state index in [1.807, 2.05) is 61.5 Å². The molecule has 3 rings (SSSR count). The van der Waals surface area contributed by atoms with Gasteiger partial charge in [-0.15, -0.1) is 0 Å². The quantitative estimate of drug-likeness (QED) is 0.809. The number of hydrogen-bond acceptors (Lipinski definition) is 4. The second-order valence-electron chi connectivity index (χ2n) is 6.66. The lowest BCUT2D eigenvalue weighted by molar-refractivity contribution is -0.125. The zero-order valence-corrected chi connectivity index (χ0v) is 16.7. The Labute approximate surface area is 170 Å². The molecule has 2 aromatic carbocycles. The summed E-state index contributed by atoms with van der Waals surface area (Å²) >= 11 is 6.11. The van der Waals surface area contributed by atoms with Crippen LogP contribution in [0.1, 0.15) is 18.5 Å². The highest BCUT2D eigenvalue weighted by molar-refractivity contribution is 6.30. The minimum absolute atomic E-state index is 0.312. The fourth-order valence-corrected chi connectivity index (χ4v) is 3.64. The van der Waals surface area contributed by atoms with E-state index in [2.05, 4.69) is 20.4 Å². The number of carbonyl (C=O) groups is 2. The molecule has 1 atom stereocenters. The van der Waals surface area contributed by atoms with Gasteiger partial charge in [0.1, 0.15) is 6.04 Å². The maximum absolute atomic E-state index is 12.9. The van der Waals surface area contributed by atoms with Gasteiger partial charge in [-0.05, 0) is 30.7 Å². The molecule has 1 unspecified atom stereocenters. The molecule has 148 valence electrons.